The number of carbonyl (C=O) groups excluding carboxylic acids is 2. The largest absolute Gasteiger partial charge is 0.350 e. The van der Waals surface area contributed by atoms with Gasteiger partial charge in [-0.25, -0.2) is 0 Å². The molecular weight excluding hydrogens is 450 g/mol. The molecule has 2 aromatic carbocycles. The van der Waals surface area contributed by atoms with Gasteiger partial charge < -0.3 is 5.32 Å². The number of aryl methyl sites for hydroxylation is 1. The molecule has 0 saturated heterocycles. The predicted molar refractivity (Wildman–Crippen MR) is 124 cm³/mol. The number of hydrogen-bond acceptors (Lipinski definition) is 7. The van der Waals surface area contributed by atoms with E-state index in [0.717, 1.165) is 12.0 Å². The minimum Gasteiger partial charge on any atom is -0.350 e. The molecular formula is C21H23N5O4S2. The summed E-state index contributed by atoms with van der Waals surface area (Å²) in [5.41, 5.74) is 1.53. The number of para-hydroxylation sites is 1. The summed E-state index contributed by atoms with van der Waals surface area (Å²) in [5.74, 6) is -0.802. The van der Waals surface area contributed by atoms with E-state index in [1.54, 1.807) is 37.3 Å². The number of nitrogens with zero attached hydrogens (tertiary/aromatic N) is 2. The zero-order valence-corrected chi connectivity index (χ0v) is 19.4. The van der Waals surface area contributed by atoms with Crippen molar-refractivity contribution in [3.8, 4) is 0 Å². The molecule has 1 aromatic heterocycles. The predicted octanol–water partition coefficient (Wildman–Crippen LogP) is 3.43. The Morgan fingerprint density at radius 3 is 2.34 bits per heavy atom. The highest BCUT2D eigenvalue weighted by molar-refractivity contribution is 7.94. The zero-order chi connectivity index (χ0) is 23.3. The Kier molecular flexibility index (Phi) is 7.21. The molecule has 2 amide bonds. The molecule has 1 heterocycles. The van der Waals surface area contributed by atoms with Crippen molar-refractivity contribution in [2.45, 2.75) is 37.6 Å². The van der Waals surface area contributed by atoms with Crippen LogP contribution in [0.2, 0.25) is 0 Å². The third kappa shape index (κ3) is 5.48. The van der Waals surface area contributed by atoms with Crippen LogP contribution in [0.15, 0.2) is 52.9 Å². The zero-order valence-electron chi connectivity index (χ0n) is 17.7. The van der Waals surface area contributed by atoms with Crippen LogP contribution in [0.25, 0.3) is 0 Å². The van der Waals surface area contributed by atoms with Crippen LogP contribution in [0.1, 0.15) is 46.5 Å². The summed E-state index contributed by atoms with van der Waals surface area (Å²) in [7, 11) is -4.13. The normalized spacial score (nSPS) is 12.1. The van der Waals surface area contributed by atoms with Crippen molar-refractivity contribution in [1.29, 1.82) is 0 Å². The minimum atomic E-state index is -4.13. The SMILES string of the molecule is CC[C@H](C)NC(=O)c1ccccc1NS(=O)(=O)c1nnc(NC(=O)c2ccccc2C)s1. The lowest BCUT2D eigenvalue weighted by atomic mass is 10.1. The Hall–Kier alpha value is -3.31. The Morgan fingerprint density at radius 1 is 1.00 bits per heavy atom. The van der Waals surface area contributed by atoms with Crippen molar-refractivity contribution in [2.75, 3.05) is 10.0 Å². The van der Waals surface area contributed by atoms with Crippen LogP contribution in [-0.4, -0.2) is 36.5 Å². The Bertz CT molecular complexity index is 1240. The number of hydrogen-bond donors (Lipinski definition) is 3. The molecule has 11 heteroatoms. The molecule has 9 nitrogen and oxygen atoms in total. The van der Waals surface area contributed by atoms with Crippen molar-refractivity contribution < 1.29 is 18.0 Å². The second-order valence-corrected chi connectivity index (χ2v) is 9.91. The lowest BCUT2D eigenvalue weighted by Crippen LogP contribution is -2.32. The van der Waals surface area contributed by atoms with Gasteiger partial charge in [-0.2, -0.15) is 8.42 Å². The van der Waals surface area contributed by atoms with Gasteiger partial charge in [0.25, 0.3) is 26.2 Å². The molecule has 168 valence electrons. The number of amides is 2. The van der Waals surface area contributed by atoms with Crippen molar-refractivity contribution >= 4 is 44.0 Å². The van der Waals surface area contributed by atoms with Gasteiger partial charge in [-0.1, -0.05) is 48.6 Å². The molecule has 0 radical (unpaired) electrons. The van der Waals surface area contributed by atoms with Gasteiger partial charge >= 0.3 is 0 Å². The van der Waals surface area contributed by atoms with Crippen LogP contribution >= 0.6 is 11.3 Å². The van der Waals surface area contributed by atoms with Crippen LogP contribution < -0.4 is 15.4 Å². The lowest BCUT2D eigenvalue weighted by molar-refractivity contribution is 0.0939. The quantitative estimate of drug-likeness (QED) is 0.430. The Labute approximate surface area is 190 Å². The van der Waals surface area contributed by atoms with Gasteiger partial charge in [0.15, 0.2) is 0 Å². The number of nitrogens with one attached hydrogen (secondary N) is 3. The first-order valence-electron chi connectivity index (χ1n) is 9.84. The summed E-state index contributed by atoms with van der Waals surface area (Å²) in [6.45, 7) is 5.59. The summed E-state index contributed by atoms with van der Waals surface area (Å²) < 4.78 is 27.7. The summed E-state index contributed by atoms with van der Waals surface area (Å²) in [5, 5.41) is 12.9. The number of anilines is 2. The average Bonchev–Trinajstić information content (AvgIpc) is 3.23. The van der Waals surface area contributed by atoms with Gasteiger partial charge in [0.2, 0.25) is 5.13 Å². The van der Waals surface area contributed by atoms with E-state index in [-0.39, 0.29) is 32.7 Å². The van der Waals surface area contributed by atoms with Crippen LogP contribution in [0.3, 0.4) is 0 Å². The van der Waals surface area contributed by atoms with Gasteiger partial charge in [0, 0.05) is 11.6 Å². The highest BCUT2D eigenvalue weighted by Gasteiger charge is 2.24. The summed E-state index contributed by atoms with van der Waals surface area (Å²) >= 11 is 0.711. The van der Waals surface area contributed by atoms with E-state index in [0.29, 0.717) is 16.9 Å². The first-order chi connectivity index (χ1) is 15.2. The van der Waals surface area contributed by atoms with Crippen LogP contribution in [0, 0.1) is 6.92 Å². The summed E-state index contributed by atoms with van der Waals surface area (Å²) in [6, 6.07) is 13.2. The maximum absolute atomic E-state index is 12.8. The summed E-state index contributed by atoms with van der Waals surface area (Å²) in [6.07, 6.45) is 0.738. The van der Waals surface area contributed by atoms with Crippen molar-refractivity contribution in [2.24, 2.45) is 0 Å². The minimum absolute atomic E-state index is 0.0430. The maximum Gasteiger partial charge on any atom is 0.291 e. The van der Waals surface area contributed by atoms with E-state index < -0.39 is 15.9 Å². The standard InChI is InChI=1S/C21H23N5O4S2/c1-4-14(3)22-19(28)16-11-7-8-12-17(16)26-32(29,30)21-25-24-20(31-21)23-18(27)15-10-6-5-9-13(15)2/h5-12,14,26H,4H2,1-3H3,(H,22,28)(H,23,24,27)/t14-/m0/s1. The molecule has 0 unspecified atom stereocenters. The molecule has 0 aliphatic rings. The number of carbonyl (C=O) groups is 2. The molecule has 32 heavy (non-hydrogen) atoms. The van der Waals surface area contributed by atoms with E-state index in [2.05, 4.69) is 25.6 Å². The van der Waals surface area contributed by atoms with Crippen LogP contribution in [-0.2, 0) is 10.0 Å². The fraction of sp³-hybridized carbons (Fsp3) is 0.238. The first kappa shape index (κ1) is 23.4. The second-order valence-electron chi connectivity index (χ2n) is 7.08. The van der Waals surface area contributed by atoms with E-state index >= 15 is 0 Å². The number of benzene rings is 2. The smallest absolute Gasteiger partial charge is 0.291 e. The van der Waals surface area contributed by atoms with E-state index in [1.807, 2.05) is 19.9 Å². The lowest BCUT2D eigenvalue weighted by Gasteiger charge is -2.14. The molecule has 0 fully saturated rings. The van der Waals surface area contributed by atoms with Crippen molar-refractivity contribution in [1.82, 2.24) is 15.5 Å². The third-order valence-electron chi connectivity index (χ3n) is 4.65. The molecule has 0 aliphatic carbocycles. The Balaban J connectivity index is 1.78. The highest BCUT2D eigenvalue weighted by Crippen LogP contribution is 2.25. The molecule has 0 bridgehead atoms. The Morgan fingerprint density at radius 2 is 1.66 bits per heavy atom. The second kappa shape index (κ2) is 9.88. The molecule has 1 atom stereocenters. The van der Waals surface area contributed by atoms with Crippen molar-refractivity contribution in [3.05, 3.63) is 65.2 Å². The third-order valence-corrected chi connectivity index (χ3v) is 7.22. The van der Waals surface area contributed by atoms with Gasteiger partial charge in [-0.05, 0) is 44.0 Å². The van der Waals surface area contributed by atoms with Crippen LogP contribution in [0.4, 0.5) is 10.8 Å². The highest BCUT2D eigenvalue weighted by atomic mass is 32.2. The monoisotopic (exact) mass is 473 g/mol. The topological polar surface area (TPSA) is 130 Å². The molecule has 0 spiro atoms. The van der Waals surface area contributed by atoms with E-state index in [9.17, 15) is 18.0 Å². The van der Waals surface area contributed by atoms with Gasteiger partial charge in [0.05, 0.1) is 11.3 Å². The van der Waals surface area contributed by atoms with Gasteiger partial charge in [-0.15, -0.1) is 10.2 Å². The van der Waals surface area contributed by atoms with Gasteiger partial charge in [0.1, 0.15) is 0 Å². The maximum atomic E-state index is 12.8. The molecule has 3 aromatic rings. The average molecular weight is 474 g/mol. The summed E-state index contributed by atoms with van der Waals surface area (Å²) in [4.78, 5) is 25.0. The van der Waals surface area contributed by atoms with E-state index in [1.165, 1.54) is 12.1 Å². The van der Waals surface area contributed by atoms with E-state index in [4.69, 9.17) is 0 Å². The number of rotatable bonds is 8. The fourth-order valence-electron chi connectivity index (χ4n) is 2.72. The van der Waals surface area contributed by atoms with Gasteiger partial charge in [-0.3, -0.25) is 19.6 Å². The molecule has 0 saturated carbocycles. The number of aromatic nitrogens is 2. The molecule has 0 aliphatic heterocycles. The van der Waals surface area contributed by atoms with Crippen molar-refractivity contribution in [3.63, 3.8) is 0 Å². The molecule has 3 rings (SSSR count). The first-order valence-corrected chi connectivity index (χ1v) is 12.1. The van der Waals surface area contributed by atoms with Crippen LogP contribution in [0.5, 0.6) is 0 Å². The fourth-order valence-corrected chi connectivity index (χ4v) is 4.70. The molecule has 3 N–H and O–H groups in total. The number of sulfonamides is 1.